The highest BCUT2D eigenvalue weighted by Crippen LogP contribution is 2.19. The minimum Gasteiger partial charge on any atom is -0.481 e. The number of aliphatic carboxylic acids is 1. The number of benzene rings is 1. The maximum Gasteiger partial charge on any atom is 0.303 e. The smallest absolute Gasteiger partial charge is 0.303 e. The van der Waals surface area contributed by atoms with Crippen molar-refractivity contribution in [3.05, 3.63) is 52.6 Å². The summed E-state index contributed by atoms with van der Waals surface area (Å²) in [7, 11) is 0. The average Bonchev–Trinajstić information content (AvgIpc) is 2.29. The van der Waals surface area contributed by atoms with Crippen LogP contribution in [0.3, 0.4) is 0 Å². The molecule has 0 amide bonds. The zero-order chi connectivity index (χ0) is 13.5. The van der Waals surface area contributed by atoms with Crippen molar-refractivity contribution in [2.45, 2.75) is 19.3 Å². The van der Waals surface area contributed by atoms with Gasteiger partial charge in [-0.25, -0.2) is 0 Å². The van der Waals surface area contributed by atoms with Gasteiger partial charge in [0.1, 0.15) is 0 Å². The molecule has 0 saturated carbocycles. The van der Waals surface area contributed by atoms with Crippen molar-refractivity contribution in [2.24, 2.45) is 5.92 Å². The molecule has 5 heteroatoms. The molecule has 1 N–H and O–H groups in total. The number of carbonyl (C=O) groups is 1. The highest BCUT2D eigenvalue weighted by Gasteiger charge is 2.13. The van der Waals surface area contributed by atoms with Crippen LogP contribution in [0, 0.1) is 16.0 Å². The van der Waals surface area contributed by atoms with Crippen LogP contribution in [0.15, 0.2) is 36.9 Å². The van der Waals surface area contributed by atoms with Gasteiger partial charge < -0.3 is 5.11 Å². The van der Waals surface area contributed by atoms with E-state index < -0.39 is 10.9 Å². The van der Waals surface area contributed by atoms with E-state index in [4.69, 9.17) is 5.11 Å². The first-order valence-electron chi connectivity index (χ1n) is 5.59. The molecule has 1 aromatic carbocycles. The van der Waals surface area contributed by atoms with Gasteiger partial charge in [-0.1, -0.05) is 18.2 Å². The van der Waals surface area contributed by atoms with Gasteiger partial charge in [0.05, 0.1) is 4.92 Å². The fraction of sp³-hybridized carbons (Fsp3) is 0.308. The number of carboxylic acid groups (broad SMARTS) is 1. The molecule has 0 radical (unpaired) electrons. The van der Waals surface area contributed by atoms with Crippen molar-refractivity contribution in [1.82, 2.24) is 0 Å². The summed E-state index contributed by atoms with van der Waals surface area (Å²) in [4.78, 5) is 20.7. The van der Waals surface area contributed by atoms with E-state index in [9.17, 15) is 14.9 Å². The average molecular weight is 249 g/mol. The van der Waals surface area contributed by atoms with Crippen LogP contribution in [0.4, 0.5) is 5.69 Å². The summed E-state index contributed by atoms with van der Waals surface area (Å²) in [5.74, 6) is -0.870. The molecule has 1 unspecified atom stereocenters. The second-order valence-electron chi connectivity index (χ2n) is 4.12. The monoisotopic (exact) mass is 249 g/mol. The molecular weight excluding hydrogens is 234 g/mol. The Morgan fingerprint density at radius 1 is 1.44 bits per heavy atom. The Balaban J connectivity index is 2.71. The van der Waals surface area contributed by atoms with Gasteiger partial charge >= 0.3 is 5.97 Å². The molecule has 96 valence electrons. The Morgan fingerprint density at radius 2 is 2.06 bits per heavy atom. The number of nitrogens with zero attached hydrogens (tertiary/aromatic N) is 1. The lowest BCUT2D eigenvalue weighted by molar-refractivity contribution is -0.384. The molecule has 1 rings (SSSR count). The highest BCUT2D eigenvalue weighted by molar-refractivity contribution is 5.67. The van der Waals surface area contributed by atoms with Gasteiger partial charge in [0.25, 0.3) is 5.69 Å². The van der Waals surface area contributed by atoms with Crippen LogP contribution < -0.4 is 0 Å². The van der Waals surface area contributed by atoms with Crippen molar-refractivity contribution in [2.75, 3.05) is 0 Å². The lowest BCUT2D eigenvalue weighted by Gasteiger charge is -2.12. The molecule has 0 saturated heterocycles. The van der Waals surface area contributed by atoms with Crippen LogP contribution in [-0.2, 0) is 11.2 Å². The number of non-ortho nitro benzene ring substituents is 1. The molecule has 18 heavy (non-hydrogen) atoms. The van der Waals surface area contributed by atoms with Crippen LogP contribution in [-0.4, -0.2) is 16.0 Å². The van der Waals surface area contributed by atoms with Gasteiger partial charge in [0.15, 0.2) is 0 Å². The molecule has 0 bridgehead atoms. The van der Waals surface area contributed by atoms with E-state index in [1.807, 2.05) is 0 Å². The quantitative estimate of drug-likeness (QED) is 0.457. The van der Waals surface area contributed by atoms with Crippen molar-refractivity contribution in [1.29, 1.82) is 0 Å². The molecule has 1 aromatic rings. The largest absolute Gasteiger partial charge is 0.481 e. The van der Waals surface area contributed by atoms with Gasteiger partial charge in [0, 0.05) is 18.6 Å². The summed E-state index contributed by atoms with van der Waals surface area (Å²) in [6.07, 6.45) is 2.96. The summed E-state index contributed by atoms with van der Waals surface area (Å²) in [6.45, 7) is 3.60. The minimum atomic E-state index is -0.844. The fourth-order valence-electron chi connectivity index (χ4n) is 1.81. The molecule has 0 aromatic heterocycles. The third-order valence-electron chi connectivity index (χ3n) is 2.63. The minimum absolute atomic E-state index is 0.0264. The summed E-state index contributed by atoms with van der Waals surface area (Å²) >= 11 is 0. The predicted molar refractivity (Wildman–Crippen MR) is 67.4 cm³/mol. The standard InChI is InChI=1S/C13H15NO4/c1-2-3-11(9-13(15)16)8-10-4-6-12(7-5-10)14(17)18/h2,4-7,11H,1,3,8-9H2,(H,15,16). The number of carboxylic acids is 1. The maximum absolute atomic E-state index is 10.7. The molecule has 5 nitrogen and oxygen atoms in total. The van der Waals surface area contributed by atoms with Crippen molar-refractivity contribution < 1.29 is 14.8 Å². The van der Waals surface area contributed by atoms with Crippen LogP contribution in [0.5, 0.6) is 0 Å². The SMILES string of the molecule is C=CCC(CC(=O)O)Cc1ccc([N+](=O)[O-])cc1. The number of rotatable bonds is 7. The van der Waals surface area contributed by atoms with E-state index in [0.717, 1.165) is 5.56 Å². The summed E-state index contributed by atoms with van der Waals surface area (Å²) in [5.41, 5.74) is 0.936. The lowest BCUT2D eigenvalue weighted by Crippen LogP contribution is -2.10. The van der Waals surface area contributed by atoms with Crippen LogP contribution in [0.2, 0.25) is 0 Å². The third kappa shape index (κ3) is 4.37. The first kappa shape index (κ1) is 13.9. The Bertz CT molecular complexity index is 439. The molecule has 0 aliphatic carbocycles. The van der Waals surface area contributed by atoms with Crippen molar-refractivity contribution >= 4 is 11.7 Å². The lowest BCUT2D eigenvalue weighted by atomic mass is 9.93. The predicted octanol–water partition coefficient (Wildman–Crippen LogP) is 2.80. The highest BCUT2D eigenvalue weighted by atomic mass is 16.6. The summed E-state index contributed by atoms with van der Waals surface area (Å²) < 4.78 is 0. The second-order valence-corrected chi connectivity index (χ2v) is 4.12. The zero-order valence-corrected chi connectivity index (χ0v) is 9.91. The number of hydrogen-bond donors (Lipinski definition) is 1. The van der Waals surface area contributed by atoms with Gasteiger partial charge in [-0.05, 0) is 24.3 Å². The number of hydrogen-bond acceptors (Lipinski definition) is 3. The summed E-state index contributed by atoms with van der Waals surface area (Å²) in [6, 6.07) is 6.19. The molecule has 0 spiro atoms. The molecular formula is C13H15NO4. The Kier molecular flexibility index (Phi) is 5.05. The topological polar surface area (TPSA) is 80.4 Å². The van der Waals surface area contributed by atoms with E-state index >= 15 is 0 Å². The number of nitro groups is 1. The molecule has 0 fully saturated rings. The van der Waals surface area contributed by atoms with E-state index in [-0.39, 0.29) is 18.0 Å². The first-order valence-corrected chi connectivity index (χ1v) is 5.59. The van der Waals surface area contributed by atoms with Gasteiger partial charge in [0.2, 0.25) is 0 Å². The van der Waals surface area contributed by atoms with Gasteiger partial charge in [-0.15, -0.1) is 6.58 Å². The molecule has 0 aliphatic rings. The van der Waals surface area contributed by atoms with Crippen molar-refractivity contribution in [3.63, 3.8) is 0 Å². The van der Waals surface area contributed by atoms with Crippen LogP contribution in [0.25, 0.3) is 0 Å². The van der Waals surface area contributed by atoms with E-state index in [1.165, 1.54) is 12.1 Å². The van der Waals surface area contributed by atoms with E-state index in [1.54, 1.807) is 18.2 Å². The number of nitro benzene ring substituents is 1. The van der Waals surface area contributed by atoms with Crippen LogP contribution in [0.1, 0.15) is 18.4 Å². The Labute approximate surface area is 105 Å². The Hall–Kier alpha value is -2.17. The van der Waals surface area contributed by atoms with E-state index in [2.05, 4.69) is 6.58 Å². The van der Waals surface area contributed by atoms with Gasteiger partial charge in [-0.3, -0.25) is 14.9 Å². The zero-order valence-electron chi connectivity index (χ0n) is 9.91. The molecule has 0 aliphatic heterocycles. The van der Waals surface area contributed by atoms with Crippen LogP contribution >= 0.6 is 0 Å². The number of allylic oxidation sites excluding steroid dienone is 1. The first-order chi connectivity index (χ1) is 8.52. The second kappa shape index (κ2) is 6.54. The summed E-state index contributed by atoms with van der Waals surface area (Å²) in [5, 5.41) is 19.3. The third-order valence-corrected chi connectivity index (χ3v) is 2.63. The Morgan fingerprint density at radius 3 is 2.50 bits per heavy atom. The maximum atomic E-state index is 10.7. The van der Waals surface area contributed by atoms with Gasteiger partial charge in [-0.2, -0.15) is 0 Å². The fourth-order valence-corrected chi connectivity index (χ4v) is 1.81. The normalized spacial score (nSPS) is 11.8. The molecule has 1 atom stereocenters. The molecule has 0 heterocycles. The van der Waals surface area contributed by atoms with E-state index in [0.29, 0.717) is 12.8 Å². The van der Waals surface area contributed by atoms with Crippen molar-refractivity contribution in [3.8, 4) is 0 Å².